The number of aliphatic carboxylic acids is 2. The van der Waals surface area contributed by atoms with E-state index in [0.717, 1.165) is 0 Å². The molecule has 0 aliphatic rings. The number of carbonyl (C=O) groups excluding carboxylic acids is 4. The maximum absolute atomic E-state index is 12.4. The lowest BCUT2D eigenvalue weighted by Crippen LogP contribution is -2.58. The average molecular weight is 451 g/mol. The molecule has 0 radical (unpaired) electrons. The Kier molecular flexibility index (Phi) is 12.0. The summed E-state index contributed by atoms with van der Waals surface area (Å²) >= 11 is 3.90. The molecule has 14 nitrogen and oxygen atoms in total. The Labute approximate surface area is 176 Å². The fraction of sp³-hybridized carbons (Fsp3) is 0.600. The number of aliphatic hydroxyl groups excluding tert-OH is 1. The molecular weight excluding hydrogens is 426 g/mol. The molecule has 0 saturated carbocycles. The largest absolute Gasteiger partial charge is 0.481 e. The first-order chi connectivity index (χ1) is 13.9. The standard InChI is InChI=1S/C15H25N5O9S/c16-6(4-21)12(25)20-9(5-30)14(27)18-7(1-2-11(23)24)13(26)19-8(15(28)29)3-10(17)22/h6-9,21,30H,1-5,16H2,(H2,17,22)(H,18,27)(H,19,26)(H,20,25)(H,23,24)(H,28,29). The van der Waals surface area contributed by atoms with Crippen molar-refractivity contribution < 1.29 is 44.1 Å². The van der Waals surface area contributed by atoms with E-state index in [0.29, 0.717) is 0 Å². The van der Waals surface area contributed by atoms with E-state index < -0.39 is 85.6 Å². The summed E-state index contributed by atoms with van der Waals surface area (Å²) in [4.78, 5) is 69.4. The van der Waals surface area contributed by atoms with Gasteiger partial charge in [-0.1, -0.05) is 0 Å². The number of primary amides is 1. The number of carboxylic acids is 2. The highest BCUT2D eigenvalue weighted by Gasteiger charge is 2.30. The molecule has 0 aliphatic carbocycles. The summed E-state index contributed by atoms with van der Waals surface area (Å²) in [5, 5.41) is 33.1. The molecule has 0 fully saturated rings. The Morgan fingerprint density at radius 1 is 0.867 bits per heavy atom. The van der Waals surface area contributed by atoms with E-state index in [9.17, 15) is 28.8 Å². The second-order valence-corrected chi connectivity index (χ2v) is 6.46. The number of carbonyl (C=O) groups is 6. The topological polar surface area (TPSA) is 251 Å². The summed E-state index contributed by atoms with van der Waals surface area (Å²) in [5.74, 6) is -6.98. The first kappa shape index (κ1) is 27.1. The summed E-state index contributed by atoms with van der Waals surface area (Å²) < 4.78 is 0. The van der Waals surface area contributed by atoms with Gasteiger partial charge in [-0.3, -0.25) is 24.0 Å². The van der Waals surface area contributed by atoms with Crippen molar-refractivity contribution in [3.8, 4) is 0 Å². The molecule has 15 heteroatoms. The van der Waals surface area contributed by atoms with Crippen molar-refractivity contribution in [2.24, 2.45) is 11.5 Å². The second kappa shape index (κ2) is 13.3. The quantitative estimate of drug-likeness (QED) is 0.114. The molecule has 4 amide bonds. The van der Waals surface area contributed by atoms with Gasteiger partial charge in [0.15, 0.2) is 0 Å². The van der Waals surface area contributed by atoms with Crippen LogP contribution >= 0.6 is 12.6 Å². The Hall–Kier alpha value is -2.91. The number of hydrogen-bond acceptors (Lipinski definition) is 9. The zero-order valence-electron chi connectivity index (χ0n) is 15.7. The third-order valence-corrected chi connectivity index (χ3v) is 4.01. The first-order valence-electron chi connectivity index (χ1n) is 8.54. The smallest absolute Gasteiger partial charge is 0.326 e. The van der Waals surface area contributed by atoms with Crippen molar-refractivity contribution in [2.75, 3.05) is 12.4 Å². The van der Waals surface area contributed by atoms with E-state index in [2.05, 4.69) is 23.3 Å². The zero-order chi connectivity index (χ0) is 23.4. The van der Waals surface area contributed by atoms with E-state index >= 15 is 0 Å². The van der Waals surface area contributed by atoms with Crippen LogP contribution in [0.15, 0.2) is 0 Å². The van der Waals surface area contributed by atoms with Crippen LogP contribution in [-0.2, 0) is 28.8 Å². The molecule has 170 valence electrons. The van der Waals surface area contributed by atoms with Crippen molar-refractivity contribution in [2.45, 2.75) is 43.4 Å². The second-order valence-electron chi connectivity index (χ2n) is 6.10. The predicted molar refractivity (Wildman–Crippen MR) is 103 cm³/mol. The minimum atomic E-state index is -1.69. The fourth-order valence-corrected chi connectivity index (χ4v) is 2.30. The van der Waals surface area contributed by atoms with Gasteiger partial charge in [0.2, 0.25) is 23.6 Å². The van der Waals surface area contributed by atoms with Gasteiger partial charge >= 0.3 is 11.9 Å². The number of carboxylic acid groups (broad SMARTS) is 2. The van der Waals surface area contributed by atoms with Crippen molar-refractivity contribution in [3.63, 3.8) is 0 Å². The third kappa shape index (κ3) is 10.0. The molecule has 0 bridgehead atoms. The molecule has 30 heavy (non-hydrogen) atoms. The van der Waals surface area contributed by atoms with Crippen LogP contribution in [0.5, 0.6) is 0 Å². The van der Waals surface area contributed by atoms with Crippen molar-refractivity contribution in [1.29, 1.82) is 0 Å². The Balaban J connectivity index is 5.34. The van der Waals surface area contributed by atoms with E-state index in [1.165, 1.54) is 0 Å². The molecule has 0 aromatic rings. The molecule has 0 spiro atoms. The summed E-state index contributed by atoms with van der Waals surface area (Å²) in [6.07, 6.45) is -1.70. The predicted octanol–water partition coefficient (Wildman–Crippen LogP) is -4.48. The number of rotatable bonds is 14. The van der Waals surface area contributed by atoms with Crippen molar-refractivity contribution in [3.05, 3.63) is 0 Å². The van der Waals surface area contributed by atoms with Gasteiger partial charge in [-0.05, 0) is 6.42 Å². The van der Waals surface area contributed by atoms with Gasteiger partial charge in [-0.2, -0.15) is 12.6 Å². The molecular formula is C15H25N5O9S. The highest BCUT2D eigenvalue weighted by atomic mass is 32.1. The molecule has 0 aromatic carbocycles. The van der Waals surface area contributed by atoms with Crippen LogP contribution in [-0.4, -0.2) is 87.4 Å². The van der Waals surface area contributed by atoms with Gasteiger partial charge in [0.05, 0.1) is 13.0 Å². The monoisotopic (exact) mass is 451 g/mol. The summed E-state index contributed by atoms with van der Waals surface area (Å²) in [7, 11) is 0. The lowest BCUT2D eigenvalue weighted by Gasteiger charge is -2.24. The molecule has 0 rings (SSSR count). The van der Waals surface area contributed by atoms with Crippen LogP contribution in [0.25, 0.3) is 0 Å². The number of aliphatic hydroxyl groups is 1. The normalized spacial score (nSPS) is 14.5. The number of amides is 4. The van der Waals surface area contributed by atoms with Crippen LogP contribution in [0.3, 0.4) is 0 Å². The van der Waals surface area contributed by atoms with Gasteiger partial charge in [0.1, 0.15) is 24.2 Å². The van der Waals surface area contributed by atoms with E-state index in [1.54, 1.807) is 0 Å². The Morgan fingerprint density at radius 3 is 1.80 bits per heavy atom. The first-order valence-corrected chi connectivity index (χ1v) is 9.17. The van der Waals surface area contributed by atoms with Gasteiger partial charge in [-0.15, -0.1) is 0 Å². The minimum absolute atomic E-state index is 0.234. The van der Waals surface area contributed by atoms with Crippen LogP contribution in [0.4, 0.5) is 0 Å². The summed E-state index contributed by atoms with van der Waals surface area (Å²) in [5.41, 5.74) is 10.3. The minimum Gasteiger partial charge on any atom is -0.481 e. The van der Waals surface area contributed by atoms with Gasteiger partial charge in [0.25, 0.3) is 0 Å². The maximum Gasteiger partial charge on any atom is 0.326 e. The van der Waals surface area contributed by atoms with E-state index in [-0.39, 0.29) is 5.75 Å². The van der Waals surface area contributed by atoms with Crippen LogP contribution < -0.4 is 27.4 Å². The highest BCUT2D eigenvalue weighted by molar-refractivity contribution is 7.80. The Morgan fingerprint density at radius 2 is 1.37 bits per heavy atom. The molecule has 0 heterocycles. The SMILES string of the molecule is NC(=O)CC(NC(=O)C(CCC(=O)O)NC(=O)C(CS)NC(=O)C(N)CO)C(=O)O. The lowest BCUT2D eigenvalue weighted by atomic mass is 10.1. The van der Waals surface area contributed by atoms with E-state index in [4.69, 9.17) is 26.8 Å². The number of nitrogens with two attached hydrogens (primary N) is 2. The maximum atomic E-state index is 12.4. The molecule has 0 aliphatic heterocycles. The van der Waals surface area contributed by atoms with Crippen LogP contribution in [0.2, 0.25) is 0 Å². The average Bonchev–Trinajstić information content (AvgIpc) is 2.66. The number of nitrogens with one attached hydrogen (secondary N) is 3. The van der Waals surface area contributed by atoms with Gasteiger partial charge in [-0.25, -0.2) is 4.79 Å². The molecule has 4 atom stereocenters. The summed E-state index contributed by atoms with van der Waals surface area (Å²) in [6.45, 7) is -0.688. The van der Waals surface area contributed by atoms with Gasteiger partial charge < -0.3 is 42.7 Å². The van der Waals surface area contributed by atoms with Gasteiger partial charge in [0, 0.05) is 12.2 Å². The molecule has 10 N–H and O–H groups in total. The summed E-state index contributed by atoms with van der Waals surface area (Å²) in [6, 6.07) is -5.80. The van der Waals surface area contributed by atoms with E-state index in [1.807, 2.05) is 5.32 Å². The molecule has 0 aromatic heterocycles. The van der Waals surface area contributed by atoms with Crippen molar-refractivity contribution >= 4 is 48.2 Å². The van der Waals surface area contributed by atoms with Crippen molar-refractivity contribution in [1.82, 2.24) is 16.0 Å². The number of thiol groups is 1. The lowest BCUT2D eigenvalue weighted by molar-refractivity contribution is -0.144. The third-order valence-electron chi connectivity index (χ3n) is 3.65. The zero-order valence-corrected chi connectivity index (χ0v) is 16.6. The van der Waals surface area contributed by atoms with Crippen LogP contribution in [0.1, 0.15) is 19.3 Å². The highest BCUT2D eigenvalue weighted by Crippen LogP contribution is 2.03. The molecule has 4 unspecified atom stereocenters. The molecule has 0 saturated heterocycles. The Bertz CT molecular complexity index is 675. The van der Waals surface area contributed by atoms with Crippen LogP contribution in [0, 0.1) is 0 Å². The number of hydrogen-bond donors (Lipinski definition) is 9. The fourth-order valence-electron chi connectivity index (χ4n) is 2.04.